The van der Waals surface area contributed by atoms with Crippen LogP contribution < -0.4 is 4.74 Å². The molecule has 0 saturated carbocycles. The lowest BCUT2D eigenvalue weighted by Crippen LogP contribution is -1.94. The van der Waals surface area contributed by atoms with Crippen LogP contribution in [0.25, 0.3) is 65.0 Å². The minimum absolute atomic E-state index is 0.873. The number of rotatable bonds is 3. The van der Waals surface area contributed by atoms with Crippen LogP contribution in [0.15, 0.2) is 140 Å². The highest BCUT2D eigenvalue weighted by Crippen LogP contribution is 2.47. The average Bonchev–Trinajstić information content (AvgIpc) is 3.02. The lowest BCUT2D eigenvalue weighted by atomic mass is 9.88. The molecule has 0 atom stereocenters. The van der Waals surface area contributed by atoms with Gasteiger partial charge in [-0.15, -0.1) is 0 Å². The molecule has 0 aromatic heterocycles. The van der Waals surface area contributed by atoms with E-state index in [1.165, 1.54) is 54.4 Å². The normalized spacial score (nSPS) is 11.6. The first kappa shape index (κ1) is 22.8. The maximum atomic E-state index is 7.02. The van der Waals surface area contributed by atoms with Gasteiger partial charge in [-0.05, 0) is 67.4 Å². The first-order valence-corrected chi connectivity index (χ1v) is 13.8. The molecule has 0 radical (unpaired) electrons. The Bertz CT molecular complexity index is 2200. The van der Waals surface area contributed by atoms with E-state index in [-0.39, 0.29) is 0 Å². The van der Waals surface area contributed by atoms with Crippen molar-refractivity contribution in [2.75, 3.05) is 0 Å². The van der Waals surface area contributed by atoms with Crippen LogP contribution in [0.5, 0.6) is 11.5 Å². The zero-order valence-electron chi connectivity index (χ0n) is 22.2. The topological polar surface area (TPSA) is 9.23 Å². The first-order chi connectivity index (χ1) is 19.8. The van der Waals surface area contributed by atoms with E-state index < -0.39 is 0 Å². The molecule has 188 valence electrons. The summed E-state index contributed by atoms with van der Waals surface area (Å²) >= 11 is 0. The quantitative estimate of drug-likeness (QED) is 0.170. The van der Waals surface area contributed by atoms with Crippen molar-refractivity contribution in [3.05, 3.63) is 145 Å². The number of fused-ring (bicyclic) bond motifs is 6. The Hall–Kier alpha value is -5.14. The Balaban J connectivity index is 1.46. The second-order valence-corrected chi connectivity index (χ2v) is 10.5. The van der Waals surface area contributed by atoms with Crippen LogP contribution in [0.1, 0.15) is 5.56 Å². The molecular formula is C39H26O. The molecule has 1 heteroatoms. The summed E-state index contributed by atoms with van der Waals surface area (Å²) in [5.74, 6) is 1.77. The molecule has 0 heterocycles. The molecule has 0 amide bonds. The maximum Gasteiger partial charge on any atom is 0.143 e. The van der Waals surface area contributed by atoms with E-state index in [0.29, 0.717) is 0 Å². The molecule has 0 bridgehead atoms. The summed E-state index contributed by atoms with van der Waals surface area (Å²) in [5, 5.41) is 11.9. The summed E-state index contributed by atoms with van der Waals surface area (Å²) in [5.41, 5.74) is 3.78. The molecule has 1 nitrogen and oxygen atoms in total. The van der Waals surface area contributed by atoms with Crippen LogP contribution in [0.3, 0.4) is 0 Å². The van der Waals surface area contributed by atoms with E-state index >= 15 is 0 Å². The van der Waals surface area contributed by atoms with Crippen molar-refractivity contribution in [3.63, 3.8) is 0 Å². The van der Waals surface area contributed by atoms with Gasteiger partial charge in [-0.1, -0.05) is 133 Å². The Morgan fingerprint density at radius 2 is 0.900 bits per heavy atom. The second-order valence-electron chi connectivity index (χ2n) is 10.5. The van der Waals surface area contributed by atoms with Crippen molar-refractivity contribution in [1.29, 1.82) is 0 Å². The SMILES string of the molecule is Cc1ccc(-c2c3ccccc3c(Oc3cc4ccccc4c4ccccc34)c3ccccc23)c2ccccc12. The third-order valence-corrected chi connectivity index (χ3v) is 8.24. The molecule has 8 aromatic carbocycles. The zero-order valence-corrected chi connectivity index (χ0v) is 22.2. The van der Waals surface area contributed by atoms with Gasteiger partial charge in [0, 0.05) is 16.2 Å². The maximum absolute atomic E-state index is 7.02. The van der Waals surface area contributed by atoms with Crippen LogP contribution in [-0.2, 0) is 0 Å². The Kier molecular flexibility index (Phi) is 5.11. The zero-order chi connectivity index (χ0) is 26.6. The fourth-order valence-electron chi connectivity index (χ4n) is 6.37. The van der Waals surface area contributed by atoms with Crippen molar-refractivity contribution in [3.8, 4) is 22.6 Å². The van der Waals surface area contributed by atoms with Gasteiger partial charge in [0.05, 0.1) is 0 Å². The molecular weight excluding hydrogens is 484 g/mol. The molecule has 8 aromatic rings. The summed E-state index contributed by atoms with van der Waals surface area (Å²) in [4.78, 5) is 0. The van der Waals surface area contributed by atoms with Crippen LogP contribution in [0.4, 0.5) is 0 Å². The Labute approximate surface area is 232 Å². The fourth-order valence-corrected chi connectivity index (χ4v) is 6.37. The van der Waals surface area contributed by atoms with E-state index in [2.05, 4.69) is 146 Å². The van der Waals surface area contributed by atoms with E-state index in [1.807, 2.05) is 0 Å². The van der Waals surface area contributed by atoms with Gasteiger partial charge < -0.3 is 4.74 Å². The molecule has 0 spiro atoms. The van der Waals surface area contributed by atoms with Crippen LogP contribution >= 0.6 is 0 Å². The second kappa shape index (κ2) is 8.97. The van der Waals surface area contributed by atoms with E-state index in [4.69, 9.17) is 4.74 Å². The van der Waals surface area contributed by atoms with Crippen molar-refractivity contribution in [1.82, 2.24) is 0 Å². The van der Waals surface area contributed by atoms with Crippen LogP contribution in [-0.4, -0.2) is 0 Å². The van der Waals surface area contributed by atoms with Gasteiger partial charge in [0.15, 0.2) is 0 Å². The number of ether oxygens (including phenoxy) is 1. The predicted molar refractivity (Wildman–Crippen MR) is 171 cm³/mol. The average molecular weight is 511 g/mol. The molecule has 0 N–H and O–H groups in total. The van der Waals surface area contributed by atoms with Crippen LogP contribution in [0.2, 0.25) is 0 Å². The molecule has 0 saturated heterocycles. The molecule has 0 aliphatic rings. The highest BCUT2D eigenvalue weighted by atomic mass is 16.5. The molecule has 0 fully saturated rings. The lowest BCUT2D eigenvalue weighted by Gasteiger charge is -2.20. The van der Waals surface area contributed by atoms with Crippen molar-refractivity contribution in [2.24, 2.45) is 0 Å². The summed E-state index contributed by atoms with van der Waals surface area (Å²) in [6.45, 7) is 2.19. The lowest BCUT2D eigenvalue weighted by molar-refractivity contribution is 0.500. The molecule has 0 aliphatic heterocycles. The van der Waals surface area contributed by atoms with Crippen molar-refractivity contribution in [2.45, 2.75) is 6.92 Å². The van der Waals surface area contributed by atoms with Gasteiger partial charge in [-0.25, -0.2) is 0 Å². The molecule has 0 unspecified atom stereocenters. The standard InChI is InChI=1S/C39H26O/c1-25-22-23-34(29-15-5-4-13-27(25)29)38-32-18-8-10-20-35(32)39(36-21-11-9-19-33(36)38)40-37-24-26-12-2-3-14-28(26)30-16-6-7-17-31(30)37/h2-24H,1H3. The van der Waals surface area contributed by atoms with Crippen molar-refractivity contribution >= 4 is 53.9 Å². The summed E-state index contributed by atoms with van der Waals surface area (Å²) in [6, 6.07) is 49.9. The van der Waals surface area contributed by atoms with Gasteiger partial charge >= 0.3 is 0 Å². The minimum Gasteiger partial charge on any atom is -0.455 e. The number of aryl methyl sites for hydroxylation is 1. The monoisotopic (exact) mass is 510 g/mol. The Morgan fingerprint density at radius 3 is 1.57 bits per heavy atom. The molecule has 0 aliphatic carbocycles. The van der Waals surface area contributed by atoms with Gasteiger partial charge in [0.25, 0.3) is 0 Å². The van der Waals surface area contributed by atoms with Gasteiger partial charge in [-0.2, -0.15) is 0 Å². The number of hydrogen-bond donors (Lipinski definition) is 0. The molecule has 8 rings (SSSR count). The predicted octanol–water partition coefficient (Wildman–Crippen LogP) is 11.2. The van der Waals surface area contributed by atoms with E-state index in [1.54, 1.807) is 0 Å². The van der Waals surface area contributed by atoms with E-state index in [9.17, 15) is 0 Å². The van der Waals surface area contributed by atoms with Gasteiger partial charge in [0.1, 0.15) is 11.5 Å². The molecule has 40 heavy (non-hydrogen) atoms. The minimum atomic E-state index is 0.873. The third-order valence-electron chi connectivity index (χ3n) is 8.24. The highest BCUT2D eigenvalue weighted by molar-refractivity contribution is 6.20. The summed E-state index contributed by atoms with van der Waals surface area (Å²) < 4.78 is 7.02. The Morgan fingerprint density at radius 1 is 0.400 bits per heavy atom. The fraction of sp³-hybridized carbons (Fsp3) is 0.0256. The summed E-state index contributed by atoms with van der Waals surface area (Å²) in [6.07, 6.45) is 0. The van der Waals surface area contributed by atoms with E-state index in [0.717, 1.165) is 27.7 Å². The first-order valence-electron chi connectivity index (χ1n) is 13.8. The smallest absolute Gasteiger partial charge is 0.143 e. The van der Waals surface area contributed by atoms with Crippen LogP contribution in [0, 0.1) is 6.92 Å². The highest BCUT2D eigenvalue weighted by Gasteiger charge is 2.19. The van der Waals surface area contributed by atoms with Crippen molar-refractivity contribution < 1.29 is 4.74 Å². The van der Waals surface area contributed by atoms with Gasteiger partial charge in [-0.3, -0.25) is 0 Å². The third kappa shape index (κ3) is 3.41. The number of benzene rings is 8. The summed E-state index contributed by atoms with van der Waals surface area (Å²) in [7, 11) is 0. The largest absolute Gasteiger partial charge is 0.455 e. The number of hydrogen-bond acceptors (Lipinski definition) is 1. The van der Waals surface area contributed by atoms with Gasteiger partial charge in [0.2, 0.25) is 0 Å².